The third-order valence-corrected chi connectivity index (χ3v) is 5.98. The van der Waals surface area contributed by atoms with Gasteiger partial charge in [0.2, 0.25) is 5.91 Å². The van der Waals surface area contributed by atoms with Crippen molar-refractivity contribution in [3.05, 3.63) is 35.9 Å². The monoisotopic (exact) mass is 325 g/mol. The number of aryl methyl sites for hydroxylation is 1. The average molecular weight is 325 g/mol. The number of likely N-dealkylation sites (tertiary alicyclic amines) is 1. The number of carbonyl (C=O) groups is 1. The number of hydrogen-bond donors (Lipinski definition) is 0. The van der Waals surface area contributed by atoms with Crippen LogP contribution in [0, 0.1) is 11.8 Å². The summed E-state index contributed by atoms with van der Waals surface area (Å²) in [7, 11) is 0. The highest BCUT2D eigenvalue weighted by molar-refractivity contribution is 5.80. The third-order valence-electron chi connectivity index (χ3n) is 5.98. The molecule has 4 rings (SSSR count). The Labute approximate surface area is 143 Å². The second kappa shape index (κ2) is 6.23. The predicted octanol–water partition coefficient (Wildman–Crippen LogP) is 3.65. The summed E-state index contributed by atoms with van der Waals surface area (Å²) in [4.78, 5) is 19.3. The summed E-state index contributed by atoms with van der Waals surface area (Å²) in [6.07, 6.45) is 9.68. The molecular weight excluding hydrogens is 298 g/mol. The van der Waals surface area contributed by atoms with Crippen LogP contribution in [0.4, 0.5) is 0 Å². The van der Waals surface area contributed by atoms with E-state index in [-0.39, 0.29) is 5.92 Å². The quantitative estimate of drug-likeness (QED) is 0.864. The topological polar surface area (TPSA) is 37.6 Å². The molecule has 0 aromatic carbocycles. The van der Waals surface area contributed by atoms with Gasteiger partial charge < -0.3 is 9.30 Å². The van der Waals surface area contributed by atoms with Crippen molar-refractivity contribution >= 4 is 11.4 Å². The fraction of sp³-hybridized carbons (Fsp3) is 0.600. The Morgan fingerprint density at radius 2 is 1.96 bits per heavy atom. The van der Waals surface area contributed by atoms with Crippen LogP contribution in [0.1, 0.15) is 56.7 Å². The Balaban J connectivity index is 1.41. The van der Waals surface area contributed by atoms with E-state index in [0.717, 1.165) is 44.0 Å². The zero-order valence-corrected chi connectivity index (χ0v) is 14.7. The van der Waals surface area contributed by atoms with Gasteiger partial charge in [-0.15, -0.1) is 0 Å². The summed E-state index contributed by atoms with van der Waals surface area (Å²) >= 11 is 0. The molecule has 24 heavy (non-hydrogen) atoms. The van der Waals surface area contributed by atoms with Crippen molar-refractivity contribution < 1.29 is 4.79 Å². The first kappa shape index (κ1) is 15.7. The first-order valence-corrected chi connectivity index (χ1v) is 9.40. The number of amides is 1. The number of rotatable bonds is 3. The zero-order valence-electron chi connectivity index (χ0n) is 14.7. The zero-order chi connectivity index (χ0) is 16.7. The van der Waals surface area contributed by atoms with Crippen molar-refractivity contribution in [2.75, 3.05) is 13.1 Å². The average Bonchev–Trinajstić information content (AvgIpc) is 2.97. The molecule has 1 aliphatic carbocycles. The molecule has 0 spiro atoms. The smallest absolute Gasteiger partial charge is 0.225 e. The van der Waals surface area contributed by atoms with Crippen molar-refractivity contribution in [2.45, 2.75) is 51.9 Å². The molecule has 1 amide bonds. The number of nitrogens with zero attached hydrogens (tertiary/aromatic N) is 3. The molecule has 1 saturated heterocycles. The Bertz CT molecular complexity index is 736. The van der Waals surface area contributed by atoms with Gasteiger partial charge in [0.15, 0.2) is 0 Å². The van der Waals surface area contributed by atoms with E-state index in [1.807, 2.05) is 6.33 Å². The molecule has 1 aliphatic heterocycles. The van der Waals surface area contributed by atoms with Gasteiger partial charge in [-0.05, 0) is 49.7 Å². The van der Waals surface area contributed by atoms with E-state index in [0.29, 0.717) is 11.8 Å². The van der Waals surface area contributed by atoms with Crippen LogP contribution in [0.25, 0.3) is 5.52 Å². The number of hydrogen-bond acceptors (Lipinski definition) is 2. The third kappa shape index (κ3) is 2.72. The van der Waals surface area contributed by atoms with Gasteiger partial charge in [-0.1, -0.05) is 19.9 Å². The molecule has 0 radical (unpaired) electrons. The van der Waals surface area contributed by atoms with E-state index >= 15 is 0 Å². The van der Waals surface area contributed by atoms with Gasteiger partial charge in [0.1, 0.15) is 0 Å². The van der Waals surface area contributed by atoms with Gasteiger partial charge in [-0.25, -0.2) is 4.98 Å². The summed E-state index contributed by atoms with van der Waals surface area (Å²) in [5.74, 6) is 1.85. The molecule has 0 unspecified atom stereocenters. The van der Waals surface area contributed by atoms with E-state index in [4.69, 9.17) is 0 Å². The first-order chi connectivity index (χ1) is 11.7. The lowest BCUT2D eigenvalue weighted by atomic mass is 9.81. The van der Waals surface area contributed by atoms with Crippen molar-refractivity contribution in [2.24, 2.45) is 11.8 Å². The normalized spacial score (nSPS) is 25.0. The van der Waals surface area contributed by atoms with Gasteiger partial charge in [0, 0.05) is 31.1 Å². The minimum Gasteiger partial charge on any atom is -0.341 e. The Kier molecular flexibility index (Phi) is 4.07. The van der Waals surface area contributed by atoms with E-state index in [1.165, 1.54) is 23.9 Å². The molecule has 2 fully saturated rings. The van der Waals surface area contributed by atoms with Crippen LogP contribution in [0.15, 0.2) is 24.7 Å². The lowest BCUT2D eigenvalue weighted by Crippen LogP contribution is -2.51. The Hall–Kier alpha value is -1.84. The Morgan fingerprint density at radius 3 is 2.67 bits per heavy atom. The highest BCUT2D eigenvalue weighted by Gasteiger charge is 2.37. The van der Waals surface area contributed by atoms with Crippen LogP contribution in [-0.4, -0.2) is 33.3 Å². The largest absolute Gasteiger partial charge is 0.341 e. The lowest BCUT2D eigenvalue weighted by molar-refractivity contribution is -0.141. The van der Waals surface area contributed by atoms with E-state index in [2.05, 4.69) is 46.5 Å². The molecule has 4 nitrogen and oxygen atoms in total. The van der Waals surface area contributed by atoms with E-state index in [1.54, 1.807) is 0 Å². The summed E-state index contributed by atoms with van der Waals surface area (Å²) in [5.41, 5.74) is 3.66. The van der Waals surface area contributed by atoms with Crippen molar-refractivity contribution in [3.63, 3.8) is 0 Å². The molecule has 2 aromatic rings. The van der Waals surface area contributed by atoms with Crippen molar-refractivity contribution in [1.29, 1.82) is 0 Å². The maximum Gasteiger partial charge on any atom is 0.225 e. The van der Waals surface area contributed by atoms with Gasteiger partial charge in [0.05, 0.1) is 17.5 Å². The number of imidazole rings is 1. The molecule has 2 aromatic heterocycles. The molecule has 0 bridgehead atoms. The summed E-state index contributed by atoms with van der Waals surface area (Å²) in [5, 5.41) is 0. The van der Waals surface area contributed by atoms with Crippen LogP contribution in [0.5, 0.6) is 0 Å². The van der Waals surface area contributed by atoms with Crippen LogP contribution < -0.4 is 0 Å². The first-order valence-electron chi connectivity index (χ1n) is 9.40. The van der Waals surface area contributed by atoms with Gasteiger partial charge >= 0.3 is 0 Å². The number of pyridine rings is 1. The van der Waals surface area contributed by atoms with Crippen LogP contribution in [0.2, 0.25) is 0 Å². The number of carbonyl (C=O) groups excluding carboxylic acids is 1. The van der Waals surface area contributed by atoms with Crippen molar-refractivity contribution in [1.82, 2.24) is 14.3 Å². The number of fused-ring (bicyclic) bond motifs is 1. The lowest BCUT2D eigenvalue weighted by Gasteiger charge is -2.41. The molecule has 128 valence electrons. The molecular formula is C20H27N3O. The molecule has 0 atom stereocenters. The van der Waals surface area contributed by atoms with Crippen LogP contribution in [0.3, 0.4) is 0 Å². The maximum atomic E-state index is 12.6. The molecule has 1 saturated carbocycles. The summed E-state index contributed by atoms with van der Waals surface area (Å²) in [6, 6.07) is 4.36. The SMILES string of the molecule is CCc1ccc2c(C3CN(C(=O)C4CCC(C)CC4)C3)ncn2c1. The fourth-order valence-electron chi connectivity index (χ4n) is 4.19. The highest BCUT2D eigenvalue weighted by Crippen LogP contribution is 2.34. The summed E-state index contributed by atoms with van der Waals surface area (Å²) < 4.78 is 2.13. The van der Waals surface area contributed by atoms with Gasteiger partial charge in [-0.3, -0.25) is 4.79 Å². The van der Waals surface area contributed by atoms with E-state index < -0.39 is 0 Å². The predicted molar refractivity (Wildman–Crippen MR) is 95.0 cm³/mol. The van der Waals surface area contributed by atoms with Crippen molar-refractivity contribution in [3.8, 4) is 0 Å². The van der Waals surface area contributed by atoms with Crippen LogP contribution in [-0.2, 0) is 11.2 Å². The maximum absolute atomic E-state index is 12.6. The molecule has 0 N–H and O–H groups in total. The minimum absolute atomic E-state index is 0.271. The Morgan fingerprint density at radius 1 is 1.21 bits per heavy atom. The van der Waals surface area contributed by atoms with Gasteiger partial charge in [-0.2, -0.15) is 0 Å². The molecule has 2 aliphatic rings. The fourth-order valence-corrected chi connectivity index (χ4v) is 4.19. The second-order valence-electron chi connectivity index (χ2n) is 7.71. The molecule has 4 heteroatoms. The second-order valence-corrected chi connectivity index (χ2v) is 7.71. The number of aromatic nitrogens is 2. The molecule has 3 heterocycles. The van der Waals surface area contributed by atoms with Crippen LogP contribution >= 0.6 is 0 Å². The summed E-state index contributed by atoms with van der Waals surface area (Å²) in [6.45, 7) is 6.15. The minimum atomic E-state index is 0.271. The van der Waals surface area contributed by atoms with E-state index in [9.17, 15) is 4.79 Å². The highest BCUT2D eigenvalue weighted by atomic mass is 16.2. The standard InChI is InChI=1S/C20H27N3O/c1-3-15-6-9-18-19(21-13-23(18)10-15)17-11-22(12-17)20(24)16-7-4-14(2)5-8-16/h6,9-10,13-14,16-17H,3-5,7-8,11-12H2,1-2H3. The van der Waals surface area contributed by atoms with Gasteiger partial charge in [0.25, 0.3) is 0 Å².